The summed E-state index contributed by atoms with van der Waals surface area (Å²) >= 11 is 0. The lowest BCUT2D eigenvalue weighted by atomic mass is 9.96. The van der Waals surface area contributed by atoms with Crippen molar-refractivity contribution >= 4 is 5.91 Å². The van der Waals surface area contributed by atoms with E-state index in [9.17, 15) is 4.79 Å². The van der Waals surface area contributed by atoms with Gasteiger partial charge in [0.15, 0.2) is 5.82 Å². The van der Waals surface area contributed by atoms with Crippen molar-refractivity contribution in [1.29, 1.82) is 0 Å². The molecule has 128 valence electrons. The Bertz CT molecular complexity index is 522. The summed E-state index contributed by atoms with van der Waals surface area (Å²) in [7, 11) is 0. The summed E-state index contributed by atoms with van der Waals surface area (Å²) in [5.74, 6) is 1.82. The molecule has 3 heterocycles. The molecule has 6 nitrogen and oxygen atoms in total. The van der Waals surface area contributed by atoms with E-state index in [0.717, 1.165) is 44.8 Å². The molecule has 3 rings (SSSR count). The number of carbonyl (C=O) groups excluding carboxylic acids is 1. The zero-order chi connectivity index (χ0) is 16.2. The minimum absolute atomic E-state index is 0.0149. The zero-order valence-electron chi connectivity index (χ0n) is 14.3. The maximum Gasteiger partial charge on any atom is 0.239 e. The van der Waals surface area contributed by atoms with Gasteiger partial charge in [-0.25, -0.2) is 0 Å². The van der Waals surface area contributed by atoms with Gasteiger partial charge in [0.25, 0.3) is 0 Å². The van der Waals surface area contributed by atoms with Crippen LogP contribution in [-0.2, 0) is 4.79 Å². The highest BCUT2D eigenvalue weighted by molar-refractivity contribution is 5.81. The SMILES string of the molecule is Cc1nc([C@H]2CCCN(C(=O)[C@H](C)N3CCCCCC3)C2)no1. The lowest BCUT2D eigenvalue weighted by Gasteiger charge is -2.36. The quantitative estimate of drug-likeness (QED) is 0.855. The Labute approximate surface area is 138 Å². The molecule has 0 saturated carbocycles. The van der Waals surface area contributed by atoms with Crippen molar-refractivity contribution in [3.63, 3.8) is 0 Å². The first kappa shape index (κ1) is 16.4. The summed E-state index contributed by atoms with van der Waals surface area (Å²) < 4.78 is 5.10. The number of rotatable bonds is 3. The topological polar surface area (TPSA) is 62.5 Å². The molecule has 2 atom stereocenters. The molecule has 2 aliphatic heterocycles. The van der Waals surface area contributed by atoms with Crippen LogP contribution in [0.2, 0.25) is 0 Å². The Hall–Kier alpha value is -1.43. The van der Waals surface area contributed by atoms with Crippen molar-refractivity contribution in [1.82, 2.24) is 19.9 Å². The molecule has 0 radical (unpaired) electrons. The van der Waals surface area contributed by atoms with E-state index in [1.165, 1.54) is 25.7 Å². The van der Waals surface area contributed by atoms with E-state index in [0.29, 0.717) is 5.89 Å². The fraction of sp³-hybridized carbons (Fsp3) is 0.824. The van der Waals surface area contributed by atoms with E-state index < -0.39 is 0 Å². The normalized spacial score (nSPS) is 25.1. The lowest BCUT2D eigenvalue weighted by molar-refractivity contribution is -0.137. The van der Waals surface area contributed by atoms with Gasteiger partial charge in [-0.2, -0.15) is 4.98 Å². The van der Waals surface area contributed by atoms with E-state index >= 15 is 0 Å². The van der Waals surface area contributed by atoms with E-state index in [4.69, 9.17) is 4.52 Å². The van der Waals surface area contributed by atoms with Gasteiger partial charge >= 0.3 is 0 Å². The summed E-state index contributed by atoms with van der Waals surface area (Å²) in [4.78, 5) is 21.6. The third kappa shape index (κ3) is 3.91. The Balaban J connectivity index is 1.61. The highest BCUT2D eigenvalue weighted by Gasteiger charge is 2.32. The molecular weight excluding hydrogens is 292 g/mol. The van der Waals surface area contributed by atoms with Crippen molar-refractivity contribution in [2.24, 2.45) is 0 Å². The van der Waals surface area contributed by atoms with Gasteiger partial charge in [-0.05, 0) is 45.7 Å². The van der Waals surface area contributed by atoms with Crippen molar-refractivity contribution in [2.45, 2.75) is 64.3 Å². The standard InChI is InChI=1S/C17H28N4O2/c1-13(20-9-5-3-4-6-10-20)17(22)21-11-7-8-15(12-21)16-18-14(2)23-19-16/h13,15H,3-12H2,1-2H3/t13-,15-/m0/s1. The van der Waals surface area contributed by atoms with Gasteiger partial charge in [0.2, 0.25) is 11.8 Å². The fourth-order valence-electron chi connectivity index (χ4n) is 3.77. The lowest BCUT2D eigenvalue weighted by Crippen LogP contribution is -2.50. The summed E-state index contributed by atoms with van der Waals surface area (Å²) in [5.41, 5.74) is 0. The Morgan fingerprint density at radius 3 is 2.57 bits per heavy atom. The molecule has 0 N–H and O–H groups in total. The second-order valence-electron chi connectivity index (χ2n) is 6.92. The number of carbonyl (C=O) groups is 1. The van der Waals surface area contributed by atoms with Gasteiger partial charge < -0.3 is 9.42 Å². The number of likely N-dealkylation sites (tertiary alicyclic amines) is 2. The molecular formula is C17H28N4O2. The zero-order valence-corrected chi connectivity index (χ0v) is 14.3. The van der Waals surface area contributed by atoms with Crippen molar-refractivity contribution in [3.8, 4) is 0 Å². The van der Waals surface area contributed by atoms with E-state index in [-0.39, 0.29) is 17.9 Å². The molecule has 0 spiro atoms. The predicted molar refractivity (Wildman–Crippen MR) is 87.1 cm³/mol. The van der Waals surface area contributed by atoms with Crippen molar-refractivity contribution < 1.29 is 9.32 Å². The second kappa shape index (κ2) is 7.43. The van der Waals surface area contributed by atoms with Gasteiger partial charge in [0.05, 0.1) is 6.04 Å². The Morgan fingerprint density at radius 1 is 1.17 bits per heavy atom. The summed E-state index contributed by atoms with van der Waals surface area (Å²) in [6.07, 6.45) is 7.04. The summed E-state index contributed by atoms with van der Waals surface area (Å²) in [6, 6.07) is -0.0149. The maximum absolute atomic E-state index is 12.9. The average Bonchev–Trinajstić information content (AvgIpc) is 2.84. The predicted octanol–water partition coefficient (Wildman–Crippen LogP) is 2.35. The number of aryl methyl sites for hydroxylation is 1. The molecule has 2 saturated heterocycles. The largest absolute Gasteiger partial charge is 0.341 e. The van der Waals surface area contributed by atoms with E-state index in [1.807, 2.05) is 11.8 Å². The molecule has 1 aromatic rings. The molecule has 0 aliphatic carbocycles. The highest BCUT2D eigenvalue weighted by atomic mass is 16.5. The smallest absolute Gasteiger partial charge is 0.239 e. The summed E-state index contributed by atoms with van der Waals surface area (Å²) in [6.45, 7) is 7.54. The molecule has 6 heteroatoms. The van der Waals surface area contributed by atoms with Crippen LogP contribution < -0.4 is 0 Å². The first-order valence-electron chi connectivity index (χ1n) is 8.98. The van der Waals surface area contributed by atoms with Crippen LogP contribution in [0.3, 0.4) is 0 Å². The molecule has 2 aliphatic rings. The van der Waals surface area contributed by atoms with Gasteiger partial charge in [0.1, 0.15) is 0 Å². The molecule has 0 aromatic carbocycles. The third-order valence-corrected chi connectivity index (χ3v) is 5.19. The monoisotopic (exact) mass is 320 g/mol. The van der Waals surface area contributed by atoms with Gasteiger partial charge in [-0.3, -0.25) is 9.69 Å². The molecule has 0 unspecified atom stereocenters. The van der Waals surface area contributed by atoms with E-state index in [2.05, 4.69) is 22.0 Å². The van der Waals surface area contributed by atoms with Crippen molar-refractivity contribution in [2.75, 3.05) is 26.2 Å². The molecule has 1 aromatic heterocycles. The van der Waals surface area contributed by atoms with Crippen LogP contribution in [0.1, 0.15) is 63.1 Å². The third-order valence-electron chi connectivity index (χ3n) is 5.19. The average molecular weight is 320 g/mol. The number of hydrogen-bond acceptors (Lipinski definition) is 5. The van der Waals surface area contributed by atoms with Crippen LogP contribution >= 0.6 is 0 Å². The molecule has 23 heavy (non-hydrogen) atoms. The van der Waals surface area contributed by atoms with Crippen LogP contribution in [0.15, 0.2) is 4.52 Å². The first-order valence-corrected chi connectivity index (χ1v) is 8.98. The van der Waals surface area contributed by atoms with Crippen LogP contribution in [0.25, 0.3) is 0 Å². The Kier molecular flexibility index (Phi) is 5.30. The van der Waals surface area contributed by atoms with Crippen molar-refractivity contribution in [3.05, 3.63) is 11.7 Å². The van der Waals surface area contributed by atoms with Crippen LogP contribution in [0.4, 0.5) is 0 Å². The van der Waals surface area contributed by atoms with Gasteiger partial charge in [0, 0.05) is 25.9 Å². The van der Waals surface area contributed by atoms with Crippen LogP contribution in [-0.4, -0.2) is 58.1 Å². The minimum atomic E-state index is -0.0149. The number of piperidine rings is 1. The maximum atomic E-state index is 12.9. The highest BCUT2D eigenvalue weighted by Crippen LogP contribution is 2.26. The Morgan fingerprint density at radius 2 is 1.91 bits per heavy atom. The first-order chi connectivity index (χ1) is 11.1. The summed E-state index contributed by atoms with van der Waals surface area (Å²) in [5, 5.41) is 4.05. The fourth-order valence-corrected chi connectivity index (χ4v) is 3.77. The number of nitrogens with zero attached hydrogens (tertiary/aromatic N) is 4. The molecule has 1 amide bonds. The van der Waals surface area contributed by atoms with Gasteiger partial charge in [-0.1, -0.05) is 18.0 Å². The molecule has 2 fully saturated rings. The second-order valence-corrected chi connectivity index (χ2v) is 6.92. The number of hydrogen-bond donors (Lipinski definition) is 0. The number of aromatic nitrogens is 2. The number of amides is 1. The minimum Gasteiger partial charge on any atom is -0.341 e. The molecule has 0 bridgehead atoms. The van der Waals surface area contributed by atoms with Gasteiger partial charge in [-0.15, -0.1) is 0 Å². The van der Waals surface area contributed by atoms with Crippen LogP contribution in [0.5, 0.6) is 0 Å². The van der Waals surface area contributed by atoms with Crippen LogP contribution in [0, 0.1) is 6.92 Å². The van der Waals surface area contributed by atoms with E-state index in [1.54, 1.807) is 0 Å².